The van der Waals surface area contributed by atoms with Crippen LogP contribution in [0.3, 0.4) is 0 Å². The van der Waals surface area contributed by atoms with Gasteiger partial charge in [0.1, 0.15) is 12.2 Å². The molecule has 2 fully saturated rings. The summed E-state index contributed by atoms with van der Waals surface area (Å²) >= 11 is 0. The van der Waals surface area contributed by atoms with Gasteiger partial charge in [-0.25, -0.2) is 9.59 Å². The fourth-order valence-electron chi connectivity index (χ4n) is 4.70. The van der Waals surface area contributed by atoms with E-state index < -0.39 is 47.7 Å². The second kappa shape index (κ2) is 6.35. The molecule has 0 unspecified atom stereocenters. The highest BCUT2D eigenvalue weighted by Crippen LogP contribution is 2.56. The van der Waals surface area contributed by atoms with Crippen LogP contribution in [0.2, 0.25) is 0 Å². The molecular weight excluding hydrogens is 336 g/mol. The van der Waals surface area contributed by atoms with Gasteiger partial charge < -0.3 is 19.7 Å². The average molecular weight is 362 g/mol. The molecule has 142 valence electrons. The standard InChI is InChI=1S/C20H26O6/c1-9-6-7-14(22)20(5)8-13(25-18(23)10(2)12(4)21)15-11(3)19(24)26-17(15)16(9)20/h6,12-17,21-22H,2-3,7-8H2,1,4-5H3/t12-,13-,14-,15+,16+,17-,20-/m0/s1. The minimum atomic E-state index is -1.03. The van der Waals surface area contributed by atoms with E-state index >= 15 is 0 Å². The molecule has 6 nitrogen and oxygen atoms in total. The molecule has 0 aromatic carbocycles. The zero-order chi connectivity index (χ0) is 19.4. The van der Waals surface area contributed by atoms with E-state index in [-0.39, 0.29) is 17.1 Å². The summed E-state index contributed by atoms with van der Waals surface area (Å²) in [7, 11) is 0. The fourth-order valence-corrected chi connectivity index (χ4v) is 4.70. The van der Waals surface area contributed by atoms with Crippen LogP contribution in [0.1, 0.15) is 33.6 Å². The summed E-state index contributed by atoms with van der Waals surface area (Å²) in [4.78, 5) is 24.5. The highest BCUT2D eigenvalue weighted by molar-refractivity contribution is 5.92. The summed E-state index contributed by atoms with van der Waals surface area (Å²) < 4.78 is 11.2. The zero-order valence-corrected chi connectivity index (χ0v) is 15.4. The number of hydrogen-bond acceptors (Lipinski definition) is 6. The molecule has 2 N–H and O–H groups in total. The van der Waals surface area contributed by atoms with Crippen molar-refractivity contribution in [2.45, 2.75) is 58.0 Å². The topological polar surface area (TPSA) is 93.1 Å². The first-order valence-corrected chi connectivity index (χ1v) is 8.90. The number of aliphatic hydroxyl groups excluding tert-OH is 2. The van der Waals surface area contributed by atoms with E-state index in [1.165, 1.54) is 6.92 Å². The Morgan fingerprint density at radius 2 is 2.15 bits per heavy atom. The third-order valence-electron chi connectivity index (χ3n) is 6.28. The molecular formula is C20H26O6. The van der Waals surface area contributed by atoms with Crippen molar-refractivity contribution in [3.8, 4) is 0 Å². The van der Waals surface area contributed by atoms with E-state index in [2.05, 4.69) is 13.2 Å². The number of hydrogen-bond donors (Lipinski definition) is 2. The first-order chi connectivity index (χ1) is 12.1. The molecule has 0 aromatic heterocycles. The van der Waals surface area contributed by atoms with Crippen LogP contribution in [0.5, 0.6) is 0 Å². The number of ether oxygens (including phenoxy) is 2. The Bertz CT molecular complexity index is 705. The van der Waals surface area contributed by atoms with E-state index in [0.717, 1.165) is 5.57 Å². The molecule has 0 amide bonds. The Morgan fingerprint density at radius 1 is 1.50 bits per heavy atom. The summed E-state index contributed by atoms with van der Waals surface area (Å²) in [5, 5.41) is 20.2. The van der Waals surface area contributed by atoms with Gasteiger partial charge in [0.05, 0.1) is 23.7 Å². The van der Waals surface area contributed by atoms with Crippen molar-refractivity contribution in [1.29, 1.82) is 0 Å². The highest BCUT2D eigenvalue weighted by Gasteiger charge is 2.61. The number of carbonyl (C=O) groups is 2. The lowest BCUT2D eigenvalue weighted by Gasteiger charge is -2.53. The third kappa shape index (κ3) is 2.72. The Balaban J connectivity index is 1.97. The molecule has 0 bridgehead atoms. The van der Waals surface area contributed by atoms with Gasteiger partial charge >= 0.3 is 11.9 Å². The second-order valence-corrected chi connectivity index (χ2v) is 7.95. The minimum absolute atomic E-state index is 0.0510. The van der Waals surface area contributed by atoms with Crippen LogP contribution >= 0.6 is 0 Å². The van der Waals surface area contributed by atoms with Crippen molar-refractivity contribution in [3.05, 3.63) is 36.0 Å². The van der Waals surface area contributed by atoms with Crippen molar-refractivity contribution in [1.82, 2.24) is 0 Å². The van der Waals surface area contributed by atoms with Crippen LogP contribution < -0.4 is 0 Å². The van der Waals surface area contributed by atoms with Gasteiger partial charge in [0.25, 0.3) is 0 Å². The largest absolute Gasteiger partial charge is 0.458 e. The first-order valence-electron chi connectivity index (χ1n) is 8.90. The summed E-state index contributed by atoms with van der Waals surface area (Å²) in [6.07, 6.45) is -0.0104. The molecule has 1 heterocycles. The Hall–Kier alpha value is -1.92. The molecule has 1 aliphatic heterocycles. The molecule has 1 saturated heterocycles. The van der Waals surface area contributed by atoms with Gasteiger partial charge in [-0.3, -0.25) is 0 Å². The molecule has 7 atom stereocenters. The number of rotatable bonds is 3. The fraction of sp³-hybridized carbons (Fsp3) is 0.600. The van der Waals surface area contributed by atoms with Crippen molar-refractivity contribution in [2.75, 3.05) is 0 Å². The van der Waals surface area contributed by atoms with Gasteiger partial charge in [0, 0.05) is 16.9 Å². The quantitative estimate of drug-likeness (QED) is 0.451. The smallest absolute Gasteiger partial charge is 0.336 e. The summed E-state index contributed by atoms with van der Waals surface area (Å²) in [5.74, 6) is -1.84. The molecule has 0 radical (unpaired) electrons. The number of aliphatic hydroxyl groups is 2. The SMILES string of the molecule is C=C1C(=O)O[C@H]2[C@H]1[C@@H](OC(=O)C(=C)[C@H](C)O)C[C@]1(C)[C@@H]2C(C)=CC[C@@H]1O. The zero-order valence-electron chi connectivity index (χ0n) is 15.4. The van der Waals surface area contributed by atoms with Crippen LogP contribution in [0, 0.1) is 17.3 Å². The van der Waals surface area contributed by atoms with Crippen molar-refractivity contribution < 1.29 is 29.3 Å². The predicted octanol–water partition coefficient (Wildman–Crippen LogP) is 1.67. The number of esters is 2. The Morgan fingerprint density at radius 3 is 2.77 bits per heavy atom. The second-order valence-electron chi connectivity index (χ2n) is 7.95. The molecule has 1 saturated carbocycles. The lowest BCUT2D eigenvalue weighted by Crippen LogP contribution is -2.57. The van der Waals surface area contributed by atoms with E-state index in [1.54, 1.807) is 0 Å². The maximum atomic E-state index is 12.3. The van der Waals surface area contributed by atoms with Crippen molar-refractivity contribution in [2.24, 2.45) is 17.3 Å². The van der Waals surface area contributed by atoms with Gasteiger partial charge in [0.2, 0.25) is 0 Å². The molecule has 3 aliphatic rings. The Labute approximate surface area is 153 Å². The molecule has 3 rings (SSSR count). The normalized spacial score (nSPS) is 40.0. The summed E-state index contributed by atoms with van der Waals surface area (Å²) in [6, 6.07) is 0. The predicted molar refractivity (Wildman–Crippen MR) is 93.8 cm³/mol. The lowest BCUT2D eigenvalue weighted by atomic mass is 9.54. The van der Waals surface area contributed by atoms with E-state index in [0.29, 0.717) is 12.8 Å². The van der Waals surface area contributed by atoms with Crippen molar-refractivity contribution >= 4 is 11.9 Å². The maximum Gasteiger partial charge on any atom is 0.336 e. The maximum absolute atomic E-state index is 12.3. The van der Waals surface area contributed by atoms with Crippen molar-refractivity contribution in [3.63, 3.8) is 0 Å². The molecule has 2 aliphatic carbocycles. The van der Waals surface area contributed by atoms with Crippen LogP contribution in [0.15, 0.2) is 36.0 Å². The van der Waals surface area contributed by atoms with Gasteiger partial charge in [-0.15, -0.1) is 0 Å². The van der Waals surface area contributed by atoms with Gasteiger partial charge in [-0.05, 0) is 26.7 Å². The number of fused-ring (bicyclic) bond motifs is 3. The monoisotopic (exact) mass is 362 g/mol. The molecule has 26 heavy (non-hydrogen) atoms. The van der Waals surface area contributed by atoms with E-state index in [1.807, 2.05) is 19.9 Å². The van der Waals surface area contributed by atoms with Crippen LogP contribution in [0.4, 0.5) is 0 Å². The lowest BCUT2D eigenvalue weighted by molar-refractivity contribution is -0.173. The third-order valence-corrected chi connectivity index (χ3v) is 6.28. The summed E-state index contributed by atoms with van der Waals surface area (Å²) in [5.41, 5.74) is 0.700. The number of carbonyl (C=O) groups excluding carboxylic acids is 2. The molecule has 0 spiro atoms. The van der Waals surface area contributed by atoms with Crippen LogP contribution in [-0.4, -0.2) is 46.6 Å². The first kappa shape index (κ1) is 18.9. The minimum Gasteiger partial charge on any atom is -0.458 e. The van der Waals surface area contributed by atoms with E-state index in [9.17, 15) is 19.8 Å². The van der Waals surface area contributed by atoms with Gasteiger partial charge in [-0.1, -0.05) is 31.7 Å². The van der Waals surface area contributed by atoms with E-state index in [4.69, 9.17) is 9.47 Å². The summed E-state index contributed by atoms with van der Waals surface area (Å²) in [6.45, 7) is 12.8. The molecule has 0 aromatic rings. The van der Waals surface area contributed by atoms with Crippen LogP contribution in [0.25, 0.3) is 0 Å². The van der Waals surface area contributed by atoms with Gasteiger partial charge in [-0.2, -0.15) is 0 Å². The van der Waals surface area contributed by atoms with Crippen LogP contribution in [-0.2, 0) is 19.1 Å². The molecule has 6 heteroatoms. The highest BCUT2D eigenvalue weighted by atomic mass is 16.6. The Kier molecular flexibility index (Phi) is 4.61. The average Bonchev–Trinajstić information content (AvgIpc) is 2.85. The van der Waals surface area contributed by atoms with Gasteiger partial charge in [0.15, 0.2) is 0 Å².